The minimum Gasteiger partial charge on any atom is -0.294 e. The molecule has 0 aliphatic rings. The second-order valence-electron chi connectivity index (χ2n) is 4.07. The van der Waals surface area contributed by atoms with E-state index in [0.29, 0.717) is 5.82 Å². The highest BCUT2D eigenvalue weighted by Gasteiger charge is 2.24. The van der Waals surface area contributed by atoms with E-state index in [0.717, 1.165) is 5.56 Å². The third-order valence-electron chi connectivity index (χ3n) is 2.43. The Morgan fingerprint density at radius 1 is 1.17 bits per heavy atom. The molecule has 2 rings (SSSR count). The fourth-order valence-corrected chi connectivity index (χ4v) is 2.68. The Bertz CT molecular complexity index is 650. The maximum absolute atomic E-state index is 11.4. The van der Waals surface area contributed by atoms with Gasteiger partial charge in [-0.3, -0.25) is 4.57 Å². The Hall–Kier alpha value is -1.40. The lowest BCUT2D eigenvalue weighted by molar-refractivity contribution is 0.530. The van der Waals surface area contributed by atoms with Crippen molar-refractivity contribution < 1.29 is 8.42 Å². The lowest BCUT2D eigenvalue weighted by Gasteiger charge is -2.12. The molecule has 0 bridgehead atoms. The number of benzene rings is 1. The molecule has 96 valence electrons. The topological polar surface area (TPSA) is 64.8 Å². The summed E-state index contributed by atoms with van der Waals surface area (Å²) < 4.78 is 24.4. The molecule has 5 nitrogen and oxygen atoms in total. The van der Waals surface area contributed by atoms with Gasteiger partial charge in [0.05, 0.1) is 0 Å². The van der Waals surface area contributed by atoms with Crippen molar-refractivity contribution in [2.75, 3.05) is 0 Å². The molecule has 1 aromatic carbocycles. The van der Waals surface area contributed by atoms with Crippen LogP contribution < -0.4 is 0 Å². The van der Waals surface area contributed by atoms with Crippen LogP contribution in [-0.2, 0) is 9.05 Å². The average Bonchev–Trinajstić information content (AvgIpc) is 2.74. The van der Waals surface area contributed by atoms with Crippen molar-refractivity contribution in [2.45, 2.75) is 25.0 Å². The molecule has 0 radical (unpaired) electrons. The smallest absolute Gasteiger partial charge is 0.294 e. The normalized spacial score (nSPS) is 12.0. The van der Waals surface area contributed by atoms with Crippen LogP contribution in [0.4, 0.5) is 0 Å². The monoisotopic (exact) mass is 285 g/mol. The van der Waals surface area contributed by atoms with Gasteiger partial charge in [0.15, 0.2) is 5.82 Å². The fraction of sp³-hybridized carbons (Fsp3) is 0.273. The third-order valence-corrected chi connectivity index (χ3v) is 3.56. The van der Waals surface area contributed by atoms with Crippen LogP contribution in [0.3, 0.4) is 0 Å². The lowest BCUT2D eigenvalue weighted by atomic mass is 10.2. The van der Waals surface area contributed by atoms with Crippen LogP contribution in [0.15, 0.2) is 35.5 Å². The maximum atomic E-state index is 11.4. The van der Waals surface area contributed by atoms with E-state index < -0.39 is 9.05 Å². The summed E-state index contributed by atoms with van der Waals surface area (Å²) in [4.78, 5) is 0. The highest BCUT2D eigenvalue weighted by Crippen LogP contribution is 2.25. The molecular formula is C11H12ClN3O2S. The van der Waals surface area contributed by atoms with Gasteiger partial charge in [-0.2, -0.15) is 0 Å². The number of hydrogen-bond acceptors (Lipinski definition) is 4. The zero-order chi connectivity index (χ0) is 13.3. The Labute approximate surface area is 110 Å². The molecule has 0 aliphatic heterocycles. The first-order chi connectivity index (χ1) is 8.41. The van der Waals surface area contributed by atoms with Crippen LogP contribution in [-0.4, -0.2) is 23.2 Å². The van der Waals surface area contributed by atoms with Crippen LogP contribution in [0.25, 0.3) is 11.4 Å². The SMILES string of the molecule is CC(C)n1c(-c2ccccc2)nnc1S(=O)(=O)Cl. The van der Waals surface area contributed by atoms with Crippen LogP contribution >= 0.6 is 10.7 Å². The van der Waals surface area contributed by atoms with Crippen molar-refractivity contribution >= 4 is 19.7 Å². The number of nitrogens with zero attached hydrogens (tertiary/aromatic N) is 3. The minimum absolute atomic E-state index is 0.112. The maximum Gasteiger partial charge on any atom is 0.296 e. The Kier molecular flexibility index (Phi) is 3.41. The number of aromatic nitrogens is 3. The van der Waals surface area contributed by atoms with Gasteiger partial charge in [-0.15, -0.1) is 10.2 Å². The van der Waals surface area contributed by atoms with Crippen molar-refractivity contribution in [1.82, 2.24) is 14.8 Å². The lowest BCUT2D eigenvalue weighted by Crippen LogP contribution is -2.10. The highest BCUT2D eigenvalue weighted by molar-refractivity contribution is 8.13. The third kappa shape index (κ3) is 2.39. The van der Waals surface area contributed by atoms with Crippen molar-refractivity contribution in [1.29, 1.82) is 0 Å². The summed E-state index contributed by atoms with van der Waals surface area (Å²) in [6.07, 6.45) is 0. The Morgan fingerprint density at radius 2 is 1.78 bits per heavy atom. The second-order valence-corrected chi connectivity index (χ2v) is 6.53. The molecule has 0 atom stereocenters. The molecular weight excluding hydrogens is 274 g/mol. The molecule has 0 saturated carbocycles. The van der Waals surface area contributed by atoms with Gasteiger partial charge in [-0.1, -0.05) is 30.3 Å². The van der Waals surface area contributed by atoms with Gasteiger partial charge >= 0.3 is 0 Å². The van der Waals surface area contributed by atoms with E-state index in [2.05, 4.69) is 10.2 Å². The Morgan fingerprint density at radius 3 is 2.28 bits per heavy atom. The van der Waals surface area contributed by atoms with Gasteiger partial charge in [0, 0.05) is 22.3 Å². The molecule has 0 spiro atoms. The summed E-state index contributed by atoms with van der Waals surface area (Å²) >= 11 is 0. The van der Waals surface area contributed by atoms with E-state index in [1.807, 2.05) is 44.2 Å². The fourth-order valence-electron chi connectivity index (χ4n) is 1.69. The van der Waals surface area contributed by atoms with E-state index in [4.69, 9.17) is 10.7 Å². The molecule has 0 fully saturated rings. The van der Waals surface area contributed by atoms with Gasteiger partial charge in [0.1, 0.15) is 0 Å². The molecule has 2 aromatic rings. The van der Waals surface area contributed by atoms with Gasteiger partial charge in [0.2, 0.25) is 0 Å². The summed E-state index contributed by atoms with van der Waals surface area (Å²) in [5.74, 6) is 0.491. The van der Waals surface area contributed by atoms with Gasteiger partial charge in [-0.25, -0.2) is 8.42 Å². The first-order valence-electron chi connectivity index (χ1n) is 5.36. The zero-order valence-corrected chi connectivity index (χ0v) is 11.5. The summed E-state index contributed by atoms with van der Waals surface area (Å²) in [5, 5.41) is 7.38. The summed E-state index contributed by atoms with van der Waals surface area (Å²) in [5.41, 5.74) is 0.797. The van der Waals surface area contributed by atoms with Crippen LogP contribution in [0.1, 0.15) is 19.9 Å². The molecule has 18 heavy (non-hydrogen) atoms. The molecule has 0 aliphatic carbocycles. The van der Waals surface area contributed by atoms with Crippen molar-refractivity contribution in [3.8, 4) is 11.4 Å². The van der Waals surface area contributed by atoms with E-state index in [-0.39, 0.29) is 11.2 Å². The Balaban J connectivity index is 2.68. The van der Waals surface area contributed by atoms with E-state index in [1.54, 1.807) is 0 Å². The molecule has 1 heterocycles. The molecule has 7 heteroatoms. The highest BCUT2D eigenvalue weighted by atomic mass is 35.7. The van der Waals surface area contributed by atoms with Gasteiger partial charge < -0.3 is 0 Å². The van der Waals surface area contributed by atoms with Crippen molar-refractivity contribution in [3.63, 3.8) is 0 Å². The first kappa shape index (κ1) is 13.0. The zero-order valence-electron chi connectivity index (χ0n) is 9.91. The molecule has 1 aromatic heterocycles. The van der Waals surface area contributed by atoms with Crippen molar-refractivity contribution in [2.24, 2.45) is 0 Å². The summed E-state index contributed by atoms with van der Waals surface area (Å²) in [6, 6.07) is 9.14. The second kappa shape index (κ2) is 4.70. The first-order valence-corrected chi connectivity index (χ1v) is 7.67. The molecule has 0 saturated heterocycles. The molecule has 0 N–H and O–H groups in total. The number of halogens is 1. The minimum atomic E-state index is -3.90. The largest absolute Gasteiger partial charge is 0.296 e. The van der Waals surface area contributed by atoms with E-state index >= 15 is 0 Å². The van der Waals surface area contributed by atoms with Crippen LogP contribution in [0.5, 0.6) is 0 Å². The van der Waals surface area contributed by atoms with Crippen molar-refractivity contribution in [3.05, 3.63) is 30.3 Å². The predicted octanol–water partition coefficient (Wildman–Crippen LogP) is 2.45. The molecule has 0 amide bonds. The number of rotatable bonds is 3. The summed E-state index contributed by atoms with van der Waals surface area (Å²) in [7, 11) is 1.45. The standard InChI is InChI=1S/C11H12ClN3O2S/c1-8(2)15-10(9-6-4-3-5-7-9)13-14-11(15)18(12,16)17/h3-8H,1-2H3. The van der Waals surface area contributed by atoms with E-state index in [9.17, 15) is 8.42 Å². The molecule has 0 unspecified atom stereocenters. The van der Waals surface area contributed by atoms with Gasteiger partial charge in [0.25, 0.3) is 14.2 Å². The van der Waals surface area contributed by atoms with E-state index in [1.165, 1.54) is 4.57 Å². The van der Waals surface area contributed by atoms with Crippen LogP contribution in [0, 0.1) is 0 Å². The average molecular weight is 286 g/mol. The van der Waals surface area contributed by atoms with Crippen LogP contribution in [0.2, 0.25) is 0 Å². The summed E-state index contributed by atoms with van der Waals surface area (Å²) in [6.45, 7) is 3.70. The predicted molar refractivity (Wildman–Crippen MR) is 68.9 cm³/mol. The van der Waals surface area contributed by atoms with Gasteiger partial charge in [-0.05, 0) is 13.8 Å². The number of hydrogen-bond donors (Lipinski definition) is 0. The quantitative estimate of drug-likeness (QED) is 0.813.